The van der Waals surface area contributed by atoms with Crippen LogP contribution in [0, 0.1) is 11.3 Å². The molecule has 0 aromatic carbocycles. The van der Waals surface area contributed by atoms with E-state index < -0.39 is 0 Å². The number of Topliss-reactive ketones (excluding diaryl/α,β-unsaturated/α-hetero) is 1. The highest BCUT2D eigenvalue weighted by Gasteiger charge is 2.55. The van der Waals surface area contributed by atoms with E-state index >= 15 is 0 Å². The molecule has 0 N–H and O–H groups in total. The van der Waals surface area contributed by atoms with Gasteiger partial charge in [-0.1, -0.05) is 19.3 Å². The highest BCUT2D eigenvalue weighted by Crippen LogP contribution is 2.50. The van der Waals surface area contributed by atoms with Gasteiger partial charge in [0.05, 0.1) is 11.5 Å². The van der Waals surface area contributed by atoms with Crippen molar-refractivity contribution in [2.24, 2.45) is 11.3 Å². The predicted molar refractivity (Wildman–Crippen MR) is 57.6 cm³/mol. The zero-order valence-corrected chi connectivity index (χ0v) is 9.34. The van der Waals surface area contributed by atoms with E-state index in [1.165, 1.54) is 32.1 Å². The quantitative estimate of drug-likeness (QED) is 0.712. The van der Waals surface area contributed by atoms with Gasteiger partial charge in [-0.25, -0.2) is 0 Å². The minimum atomic E-state index is -0.0207. The van der Waals surface area contributed by atoms with Gasteiger partial charge in [-0.15, -0.1) is 0 Å². The Hall–Kier alpha value is -0.370. The Morgan fingerprint density at radius 1 is 1.20 bits per heavy atom. The first-order valence-corrected chi connectivity index (χ1v) is 6.46. The molecule has 1 atom stereocenters. The SMILES string of the molecule is O=C1CC(OCC2CC2)C12CCCCC2. The van der Waals surface area contributed by atoms with E-state index in [-0.39, 0.29) is 11.5 Å². The second kappa shape index (κ2) is 3.58. The molecule has 0 saturated heterocycles. The number of carbonyl (C=O) groups excluding carboxylic acids is 1. The lowest BCUT2D eigenvalue weighted by Crippen LogP contribution is -2.56. The summed E-state index contributed by atoms with van der Waals surface area (Å²) in [7, 11) is 0. The van der Waals surface area contributed by atoms with E-state index in [1.807, 2.05) is 0 Å². The Bertz CT molecular complexity index is 262. The van der Waals surface area contributed by atoms with Gasteiger partial charge in [0.25, 0.3) is 0 Å². The largest absolute Gasteiger partial charge is 0.376 e. The minimum Gasteiger partial charge on any atom is -0.376 e. The first kappa shape index (κ1) is 9.83. The zero-order valence-electron chi connectivity index (χ0n) is 9.34. The van der Waals surface area contributed by atoms with Crippen molar-refractivity contribution in [2.75, 3.05) is 6.61 Å². The normalized spacial score (nSPS) is 34.1. The van der Waals surface area contributed by atoms with Crippen LogP contribution in [0.15, 0.2) is 0 Å². The summed E-state index contributed by atoms with van der Waals surface area (Å²) >= 11 is 0. The molecule has 0 amide bonds. The van der Waals surface area contributed by atoms with Gasteiger partial charge >= 0.3 is 0 Å². The molecule has 2 nitrogen and oxygen atoms in total. The Morgan fingerprint density at radius 2 is 1.93 bits per heavy atom. The summed E-state index contributed by atoms with van der Waals surface area (Å²) in [5, 5.41) is 0. The third kappa shape index (κ3) is 1.63. The van der Waals surface area contributed by atoms with Crippen molar-refractivity contribution in [3.8, 4) is 0 Å². The van der Waals surface area contributed by atoms with Crippen molar-refractivity contribution in [3.05, 3.63) is 0 Å². The highest BCUT2D eigenvalue weighted by molar-refractivity contribution is 5.92. The maximum atomic E-state index is 11.8. The van der Waals surface area contributed by atoms with E-state index in [4.69, 9.17) is 4.74 Å². The highest BCUT2D eigenvalue weighted by atomic mass is 16.5. The lowest BCUT2D eigenvalue weighted by atomic mass is 9.57. The number of carbonyl (C=O) groups is 1. The molecule has 3 saturated carbocycles. The van der Waals surface area contributed by atoms with Gasteiger partial charge in [0.2, 0.25) is 0 Å². The number of hydrogen-bond donors (Lipinski definition) is 0. The third-order valence-electron chi connectivity index (χ3n) is 4.52. The van der Waals surface area contributed by atoms with Crippen LogP contribution in [0.3, 0.4) is 0 Å². The van der Waals surface area contributed by atoms with Gasteiger partial charge in [-0.2, -0.15) is 0 Å². The van der Waals surface area contributed by atoms with Crippen LogP contribution in [-0.4, -0.2) is 18.5 Å². The standard InChI is InChI=1S/C13H20O2/c14-11-8-12(15-9-10-4-5-10)13(11)6-2-1-3-7-13/h10,12H,1-9H2. The third-order valence-corrected chi connectivity index (χ3v) is 4.52. The van der Waals surface area contributed by atoms with Crippen LogP contribution in [0.4, 0.5) is 0 Å². The van der Waals surface area contributed by atoms with Crippen LogP contribution < -0.4 is 0 Å². The molecule has 0 heterocycles. The fraction of sp³-hybridized carbons (Fsp3) is 0.923. The maximum absolute atomic E-state index is 11.8. The van der Waals surface area contributed by atoms with E-state index in [1.54, 1.807) is 0 Å². The van der Waals surface area contributed by atoms with Crippen LogP contribution in [0.2, 0.25) is 0 Å². The molecular weight excluding hydrogens is 188 g/mol. The molecular formula is C13H20O2. The maximum Gasteiger partial charge on any atom is 0.144 e. The Kier molecular flexibility index (Phi) is 2.35. The van der Waals surface area contributed by atoms with Gasteiger partial charge in [0, 0.05) is 13.0 Å². The molecule has 0 aromatic heterocycles. The van der Waals surface area contributed by atoms with Crippen LogP contribution in [0.25, 0.3) is 0 Å². The molecule has 2 heteroatoms. The van der Waals surface area contributed by atoms with Crippen molar-refractivity contribution in [3.63, 3.8) is 0 Å². The van der Waals surface area contributed by atoms with E-state index in [0.717, 1.165) is 25.4 Å². The second-order valence-electron chi connectivity index (χ2n) is 5.61. The topological polar surface area (TPSA) is 26.3 Å². The molecule has 3 aliphatic rings. The summed E-state index contributed by atoms with van der Waals surface area (Å²) in [6, 6.07) is 0. The molecule has 84 valence electrons. The first-order valence-electron chi connectivity index (χ1n) is 6.46. The smallest absolute Gasteiger partial charge is 0.144 e. The van der Waals surface area contributed by atoms with Gasteiger partial charge in [-0.3, -0.25) is 4.79 Å². The van der Waals surface area contributed by atoms with Gasteiger partial charge in [0.15, 0.2) is 0 Å². The van der Waals surface area contributed by atoms with Crippen LogP contribution in [0.5, 0.6) is 0 Å². The fourth-order valence-electron chi connectivity index (χ4n) is 3.15. The first-order chi connectivity index (χ1) is 7.31. The summed E-state index contributed by atoms with van der Waals surface area (Å²) in [4.78, 5) is 11.8. The van der Waals surface area contributed by atoms with Crippen molar-refractivity contribution in [1.29, 1.82) is 0 Å². The van der Waals surface area contributed by atoms with Gasteiger partial charge in [0.1, 0.15) is 5.78 Å². The fourth-order valence-corrected chi connectivity index (χ4v) is 3.15. The second-order valence-corrected chi connectivity index (χ2v) is 5.61. The number of hydrogen-bond acceptors (Lipinski definition) is 2. The minimum absolute atomic E-state index is 0.0207. The summed E-state index contributed by atoms with van der Waals surface area (Å²) in [5.74, 6) is 1.31. The van der Waals surface area contributed by atoms with Crippen LogP contribution in [-0.2, 0) is 9.53 Å². The molecule has 0 bridgehead atoms. The van der Waals surface area contributed by atoms with E-state index in [2.05, 4.69) is 0 Å². The molecule has 3 fully saturated rings. The Balaban J connectivity index is 1.60. The number of rotatable bonds is 3. The number of ether oxygens (including phenoxy) is 1. The van der Waals surface area contributed by atoms with E-state index in [0.29, 0.717) is 12.2 Å². The van der Waals surface area contributed by atoms with Crippen molar-refractivity contribution in [2.45, 2.75) is 57.5 Å². The average molecular weight is 208 g/mol. The summed E-state index contributed by atoms with van der Waals surface area (Å²) in [6.07, 6.45) is 9.64. The van der Waals surface area contributed by atoms with Crippen LogP contribution in [0.1, 0.15) is 51.4 Å². The molecule has 3 aliphatic carbocycles. The molecule has 0 radical (unpaired) electrons. The van der Waals surface area contributed by atoms with E-state index in [9.17, 15) is 4.79 Å². The van der Waals surface area contributed by atoms with Crippen molar-refractivity contribution in [1.82, 2.24) is 0 Å². The molecule has 3 rings (SSSR count). The van der Waals surface area contributed by atoms with Crippen LogP contribution >= 0.6 is 0 Å². The lowest BCUT2D eigenvalue weighted by molar-refractivity contribution is -0.169. The lowest BCUT2D eigenvalue weighted by Gasteiger charge is -2.49. The summed E-state index contributed by atoms with van der Waals surface area (Å²) < 4.78 is 5.94. The van der Waals surface area contributed by atoms with Crippen molar-refractivity contribution < 1.29 is 9.53 Å². The average Bonchev–Trinajstić information content (AvgIpc) is 3.09. The molecule has 1 unspecified atom stereocenters. The molecule has 1 spiro atoms. The zero-order chi connectivity index (χ0) is 10.3. The summed E-state index contributed by atoms with van der Waals surface area (Å²) in [5.41, 5.74) is -0.0207. The molecule has 0 aliphatic heterocycles. The number of ketones is 1. The van der Waals surface area contributed by atoms with Gasteiger partial charge in [-0.05, 0) is 31.6 Å². The van der Waals surface area contributed by atoms with Gasteiger partial charge < -0.3 is 4.74 Å². The predicted octanol–water partition coefficient (Wildman–Crippen LogP) is 2.70. The Morgan fingerprint density at radius 3 is 2.53 bits per heavy atom. The molecule has 0 aromatic rings. The molecule has 15 heavy (non-hydrogen) atoms. The van der Waals surface area contributed by atoms with Crippen molar-refractivity contribution >= 4 is 5.78 Å². The Labute approximate surface area is 91.4 Å². The monoisotopic (exact) mass is 208 g/mol. The summed E-state index contributed by atoms with van der Waals surface area (Å²) in [6.45, 7) is 0.916.